The van der Waals surface area contributed by atoms with E-state index in [0.29, 0.717) is 12.0 Å². The van der Waals surface area contributed by atoms with Gasteiger partial charge in [-0.1, -0.05) is 18.5 Å². The van der Waals surface area contributed by atoms with Gasteiger partial charge in [-0.2, -0.15) is 0 Å². The molecule has 5 nitrogen and oxygen atoms in total. The van der Waals surface area contributed by atoms with Gasteiger partial charge in [0.15, 0.2) is 5.69 Å². The summed E-state index contributed by atoms with van der Waals surface area (Å²) in [5.74, 6) is -0.894. The maximum absolute atomic E-state index is 10.6. The van der Waals surface area contributed by atoms with Crippen molar-refractivity contribution in [2.75, 3.05) is 7.11 Å². The van der Waals surface area contributed by atoms with Gasteiger partial charge < -0.3 is 14.4 Å². The number of carboxylic acid groups (broad SMARTS) is 1. The van der Waals surface area contributed by atoms with Crippen LogP contribution in [0.4, 0.5) is 0 Å². The molecule has 0 amide bonds. The minimum atomic E-state index is -1.09. The average Bonchev–Trinajstić information content (AvgIpc) is 2.48. The van der Waals surface area contributed by atoms with Gasteiger partial charge in [-0.05, 0) is 6.42 Å². The van der Waals surface area contributed by atoms with E-state index in [2.05, 4.69) is 5.16 Å². The third-order valence-corrected chi connectivity index (χ3v) is 1.64. The summed E-state index contributed by atoms with van der Waals surface area (Å²) in [7, 11) is 1.42. The number of carbonyl (C=O) groups is 1. The van der Waals surface area contributed by atoms with Crippen molar-refractivity contribution in [1.29, 1.82) is 0 Å². The van der Waals surface area contributed by atoms with Crippen LogP contribution in [0.25, 0.3) is 0 Å². The zero-order valence-electron chi connectivity index (χ0n) is 7.53. The van der Waals surface area contributed by atoms with Crippen LogP contribution in [0.15, 0.2) is 4.52 Å². The second kappa shape index (κ2) is 3.93. The lowest BCUT2D eigenvalue weighted by atomic mass is 10.1. The predicted molar refractivity (Wildman–Crippen MR) is 44.0 cm³/mol. The third-order valence-electron chi connectivity index (χ3n) is 1.64. The molecule has 0 aromatic carbocycles. The summed E-state index contributed by atoms with van der Waals surface area (Å²) >= 11 is 0. The molecule has 1 heterocycles. The summed E-state index contributed by atoms with van der Waals surface area (Å²) in [5, 5.41) is 12.1. The Hall–Kier alpha value is -1.52. The van der Waals surface area contributed by atoms with Crippen molar-refractivity contribution >= 4 is 5.97 Å². The highest BCUT2D eigenvalue weighted by atomic mass is 16.6. The topological polar surface area (TPSA) is 72.6 Å². The van der Waals surface area contributed by atoms with Gasteiger partial charge in [0.05, 0.1) is 12.7 Å². The Morgan fingerprint density at radius 3 is 2.85 bits per heavy atom. The Kier molecular flexibility index (Phi) is 2.89. The Morgan fingerprint density at radius 2 is 2.38 bits per heavy atom. The fraction of sp³-hybridized carbons (Fsp3) is 0.500. The summed E-state index contributed by atoms with van der Waals surface area (Å²) in [6.07, 6.45) is 1.41. The molecule has 0 bridgehead atoms. The fourth-order valence-electron chi connectivity index (χ4n) is 1.09. The van der Waals surface area contributed by atoms with E-state index in [4.69, 9.17) is 14.4 Å². The fourth-order valence-corrected chi connectivity index (χ4v) is 1.09. The van der Waals surface area contributed by atoms with E-state index >= 15 is 0 Å². The summed E-state index contributed by atoms with van der Waals surface area (Å²) < 4.78 is 9.54. The molecule has 0 radical (unpaired) electrons. The van der Waals surface area contributed by atoms with Gasteiger partial charge in [-0.15, -0.1) is 0 Å². The van der Waals surface area contributed by atoms with Crippen LogP contribution in [0, 0.1) is 0 Å². The van der Waals surface area contributed by atoms with Crippen LogP contribution in [0.5, 0.6) is 5.95 Å². The Labute approximate surface area is 75.3 Å². The van der Waals surface area contributed by atoms with Gasteiger partial charge in [0.25, 0.3) is 0 Å². The lowest BCUT2D eigenvalue weighted by Gasteiger charge is -1.97. The Balaban J connectivity index is 3.06. The quantitative estimate of drug-likeness (QED) is 0.766. The van der Waals surface area contributed by atoms with Crippen LogP contribution in [0.1, 0.15) is 29.4 Å². The van der Waals surface area contributed by atoms with Gasteiger partial charge in [0, 0.05) is 0 Å². The maximum Gasteiger partial charge on any atom is 0.358 e. The van der Waals surface area contributed by atoms with Crippen molar-refractivity contribution in [2.45, 2.75) is 19.8 Å². The number of ether oxygens (including phenoxy) is 1. The van der Waals surface area contributed by atoms with Crippen molar-refractivity contribution in [3.8, 4) is 5.95 Å². The maximum atomic E-state index is 10.6. The number of aromatic carboxylic acids is 1. The highest BCUT2D eigenvalue weighted by Gasteiger charge is 2.20. The van der Waals surface area contributed by atoms with Crippen LogP contribution in [-0.2, 0) is 6.42 Å². The molecule has 0 fully saturated rings. The molecule has 0 atom stereocenters. The molecule has 1 N–H and O–H groups in total. The SMILES string of the molecule is CCCc1c(C(=O)O)noc1OC. The highest BCUT2D eigenvalue weighted by Crippen LogP contribution is 2.23. The van der Waals surface area contributed by atoms with Crippen molar-refractivity contribution in [3.63, 3.8) is 0 Å². The van der Waals surface area contributed by atoms with Gasteiger partial charge in [-0.25, -0.2) is 4.79 Å². The molecule has 1 aromatic rings. The molecule has 13 heavy (non-hydrogen) atoms. The number of hydrogen-bond acceptors (Lipinski definition) is 4. The normalized spacial score (nSPS) is 10.0. The molecule has 1 aromatic heterocycles. The highest BCUT2D eigenvalue weighted by molar-refractivity contribution is 5.87. The number of carboxylic acids is 1. The van der Waals surface area contributed by atoms with Crippen LogP contribution < -0.4 is 4.74 Å². The molecule has 72 valence electrons. The minimum absolute atomic E-state index is 0.0568. The lowest BCUT2D eigenvalue weighted by Crippen LogP contribution is -2.01. The van der Waals surface area contributed by atoms with Gasteiger partial charge in [0.1, 0.15) is 0 Å². The summed E-state index contributed by atoms with van der Waals surface area (Å²) in [4.78, 5) is 10.6. The largest absolute Gasteiger partial charge is 0.476 e. The molecule has 0 aliphatic carbocycles. The van der Waals surface area contributed by atoms with E-state index in [1.54, 1.807) is 0 Å². The van der Waals surface area contributed by atoms with E-state index in [0.717, 1.165) is 6.42 Å². The first-order valence-corrected chi connectivity index (χ1v) is 3.96. The molecule has 1 rings (SSSR count). The van der Waals surface area contributed by atoms with Crippen molar-refractivity contribution in [1.82, 2.24) is 5.16 Å². The summed E-state index contributed by atoms with van der Waals surface area (Å²) in [6.45, 7) is 1.94. The van der Waals surface area contributed by atoms with E-state index in [-0.39, 0.29) is 11.6 Å². The first-order chi connectivity index (χ1) is 6.20. The number of nitrogens with zero attached hydrogens (tertiary/aromatic N) is 1. The second-order valence-corrected chi connectivity index (χ2v) is 2.56. The predicted octanol–water partition coefficient (Wildman–Crippen LogP) is 1.33. The lowest BCUT2D eigenvalue weighted by molar-refractivity contribution is 0.0684. The first kappa shape index (κ1) is 9.57. The molecule has 0 saturated carbocycles. The zero-order chi connectivity index (χ0) is 9.84. The molecule has 0 unspecified atom stereocenters. The standard InChI is InChI=1S/C8H11NO4/c1-3-4-5-6(7(10)11)9-13-8(5)12-2/h3-4H2,1-2H3,(H,10,11). The zero-order valence-corrected chi connectivity index (χ0v) is 7.53. The van der Waals surface area contributed by atoms with Gasteiger partial charge in [0.2, 0.25) is 0 Å². The van der Waals surface area contributed by atoms with Gasteiger partial charge >= 0.3 is 11.9 Å². The van der Waals surface area contributed by atoms with Crippen molar-refractivity contribution in [3.05, 3.63) is 11.3 Å². The van der Waals surface area contributed by atoms with Crippen LogP contribution >= 0.6 is 0 Å². The van der Waals surface area contributed by atoms with E-state index in [1.807, 2.05) is 6.92 Å². The summed E-state index contributed by atoms with van der Waals surface area (Å²) in [6, 6.07) is 0. The van der Waals surface area contributed by atoms with Crippen LogP contribution in [0.2, 0.25) is 0 Å². The smallest absolute Gasteiger partial charge is 0.358 e. The minimum Gasteiger partial charge on any atom is -0.476 e. The number of aromatic nitrogens is 1. The first-order valence-electron chi connectivity index (χ1n) is 3.96. The van der Waals surface area contributed by atoms with Crippen LogP contribution in [-0.4, -0.2) is 23.3 Å². The van der Waals surface area contributed by atoms with E-state index in [1.165, 1.54) is 7.11 Å². The van der Waals surface area contributed by atoms with E-state index in [9.17, 15) is 4.79 Å². The molecule has 0 aliphatic rings. The van der Waals surface area contributed by atoms with Crippen molar-refractivity contribution < 1.29 is 19.2 Å². The second-order valence-electron chi connectivity index (χ2n) is 2.56. The molecule has 0 spiro atoms. The van der Waals surface area contributed by atoms with Crippen LogP contribution in [0.3, 0.4) is 0 Å². The molecule has 0 saturated heterocycles. The summed E-state index contributed by atoms with van der Waals surface area (Å²) in [5.41, 5.74) is 0.469. The van der Waals surface area contributed by atoms with Crippen molar-refractivity contribution in [2.24, 2.45) is 0 Å². The van der Waals surface area contributed by atoms with Gasteiger partial charge in [-0.3, -0.25) is 0 Å². The third kappa shape index (κ3) is 1.80. The molecule has 5 heteroatoms. The Morgan fingerprint density at radius 1 is 1.69 bits per heavy atom. The van der Waals surface area contributed by atoms with E-state index < -0.39 is 5.97 Å². The monoisotopic (exact) mass is 185 g/mol. The number of methoxy groups -OCH3 is 1. The molecular weight excluding hydrogens is 174 g/mol. The average molecular weight is 185 g/mol. The number of hydrogen-bond donors (Lipinski definition) is 1. The molecular formula is C8H11NO4. The number of rotatable bonds is 4. The Bertz CT molecular complexity index is 305. The molecule has 0 aliphatic heterocycles.